The first kappa shape index (κ1) is 15.3. The normalized spacial score (nSPS) is 17.5. The zero-order valence-electron chi connectivity index (χ0n) is 12.3. The summed E-state index contributed by atoms with van der Waals surface area (Å²) >= 11 is 6.04. The highest BCUT2D eigenvalue weighted by atomic mass is 35.5. The van der Waals surface area contributed by atoms with Crippen LogP contribution in [0.3, 0.4) is 0 Å². The Kier molecular flexibility index (Phi) is 4.38. The standard InChI is InChI=1S/C16H20ClN3O2/c17-12-1-2-14-13(9-12)11(10-20-14)3-6-19-15(21)16(18)4-7-22-8-5-16/h1-2,9-10,20H,3-8,18H2,(H,19,21). The van der Waals surface area contributed by atoms with E-state index in [1.165, 1.54) is 0 Å². The van der Waals surface area contributed by atoms with Crippen molar-refractivity contribution in [1.29, 1.82) is 0 Å². The molecule has 1 amide bonds. The number of benzene rings is 1. The van der Waals surface area contributed by atoms with Crippen LogP contribution in [0, 0.1) is 0 Å². The molecular formula is C16H20ClN3O2. The Labute approximate surface area is 134 Å². The maximum absolute atomic E-state index is 12.2. The Hall–Kier alpha value is -1.56. The van der Waals surface area contributed by atoms with Crippen LogP contribution < -0.4 is 11.1 Å². The van der Waals surface area contributed by atoms with E-state index in [0.717, 1.165) is 22.9 Å². The van der Waals surface area contributed by atoms with E-state index in [1.807, 2.05) is 24.4 Å². The van der Waals surface area contributed by atoms with Crippen molar-refractivity contribution < 1.29 is 9.53 Å². The van der Waals surface area contributed by atoms with E-state index in [-0.39, 0.29) is 5.91 Å². The molecule has 1 fully saturated rings. The number of amides is 1. The summed E-state index contributed by atoms with van der Waals surface area (Å²) in [6.07, 6.45) is 3.83. The van der Waals surface area contributed by atoms with Gasteiger partial charge in [0.05, 0.1) is 5.54 Å². The van der Waals surface area contributed by atoms with E-state index in [1.54, 1.807) is 0 Å². The first-order valence-corrected chi connectivity index (χ1v) is 7.87. The molecule has 2 aromatic rings. The Morgan fingerprint density at radius 3 is 2.95 bits per heavy atom. The molecule has 0 spiro atoms. The predicted molar refractivity (Wildman–Crippen MR) is 87.0 cm³/mol. The number of hydrogen-bond acceptors (Lipinski definition) is 3. The third-order valence-corrected chi connectivity index (χ3v) is 4.48. The van der Waals surface area contributed by atoms with Gasteiger partial charge in [-0.25, -0.2) is 0 Å². The number of carbonyl (C=O) groups excluding carboxylic acids is 1. The molecule has 0 bridgehead atoms. The van der Waals surface area contributed by atoms with Crippen LogP contribution in [-0.2, 0) is 16.0 Å². The van der Waals surface area contributed by atoms with Gasteiger partial charge in [-0.3, -0.25) is 4.79 Å². The maximum Gasteiger partial charge on any atom is 0.240 e. The van der Waals surface area contributed by atoms with Crippen molar-refractivity contribution in [1.82, 2.24) is 10.3 Å². The molecule has 1 aromatic carbocycles. The Bertz CT molecular complexity index is 677. The lowest BCUT2D eigenvalue weighted by molar-refractivity contribution is -0.129. The summed E-state index contributed by atoms with van der Waals surface area (Å²) in [5, 5.41) is 4.75. The summed E-state index contributed by atoms with van der Waals surface area (Å²) in [7, 11) is 0. The molecule has 0 aliphatic carbocycles. The molecule has 4 N–H and O–H groups in total. The highest BCUT2D eigenvalue weighted by Crippen LogP contribution is 2.23. The summed E-state index contributed by atoms with van der Waals surface area (Å²) in [6.45, 7) is 1.65. The van der Waals surface area contributed by atoms with Crippen molar-refractivity contribution in [2.75, 3.05) is 19.8 Å². The summed E-state index contributed by atoms with van der Waals surface area (Å²) in [4.78, 5) is 15.5. The molecule has 22 heavy (non-hydrogen) atoms. The summed E-state index contributed by atoms with van der Waals surface area (Å²) < 4.78 is 5.26. The minimum Gasteiger partial charge on any atom is -0.381 e. The van der Waals surface area contributed by atoms with Crippen molar-refractivity contribution in [2.24, 2.45) is 5.73 Å². The molecular weight excluding hydrogens is 302 g/mol. The fourth-order valence-corrected chi connectivity index (χ4v) is 2.98. The number of ether oxygens (including phenoxy) is 1. The molecule has 118 valence electrons. The predicted octanol–water partition coefficient (Wildman–Crippen LogP) is 1.99. The molecule has 1 aliphatic rings. The van der Waals surface area contributed by atoms with Gasteiger partial charge in [-0.2, -0.15) is 0 Å². The number of H-pyrrole nitrogens is 1. The third kappa shape index (κ3) is 3.11. The van der Waals surface area contributed by atoms with Gasteiger partial charge in [-0.15, -0.1) is 0 Å². The van der Waals surface area contributed by atoms with E-state index in [0.29, 0.717) is 37.6 Å². The number of carbonyl (C=O) groups is 1. The summed E-state index contributed by atoms with van der Waals surface area (Å²) in [5.74, 6) is -0.0892. The molecule has 0 saturated carbocycles. The number of nitrogens with two attached hydrogens (primary N) is 1. The van der Waals surface area contributed by atoms with Crippen LogP contribution in [0.5, 0.6) is 0 Å². The largest absolute Gasteiger partial charge is 0.381 e. The first-order chi connectivity index (χ1) is 10.6. The lowest BCUT2D eigenvalue weighted by atomic mass is 9.90. The van der Waals surface area contributed by atoms with E-state index < -0.39 is 5.54 Å². The minimum atomic E-state index is -0.790. The van der Waals surface area contributed by atoms with Gasteiger partial charge in [0.15, 0.2) is 0 Å². The molecule has 3 rings (SSSR count). The molecule has 0 atom stereocenters. The quantitative estimate of drug-likeness (QED) is 0.805. The number of rotatable bonds is 4. The topological polar surface area (TPSA) is 80.1 Å². The van der Waals surface area contributed by atoms with Gasteiger partial charge < -0.3 is 20.8 Å². The SMILES string of the molecule is NC1(C(=O)NCCc2c[nH]c3ccc(Cl)cc23)CCOCC1. The lowest BCUT2D eigenvalue weighted by Crippen LogP contribution is -2.57. The maximum atomic E-state index is 12.2. The fraction of sp³-hybridized carbons (Fsp3) is 0.438. The second kappa shape index (κ2) is 6.28. The third-order valence-electron chi connectivity index (χ3n) is 4.25. The highest BCUT2D eigenvalue weighted by molar-refractivity contribution is 6.31. The monoisotopic (exact) mass is 321 g/mol. The summed E-state index contributed by atoms with van der Waals surface area (Å²) in [6, 6.07) is 5.75. The van der Waals surface area contributed by atoms with Crippen LogP contribution in [0.1, 0.15) is 18.4 Å². The highest BCUT2D eigenvalue weighted by Gasteiger charge is 2.35. The number of halogens is 1. The molecule has 1 aliphatic heterocycles. The molecule has 1 aromatic heterocycles. The Morgan fingerprint density at radius 2 is 2.18 bits per heavy atom. The van der Waals surface area contributed by atoms with Crippen molar-refractivity contribution >= 4 is 28.4 Å². The van der Waals surface area contributed by atoms with Crippen LogP contribution >= 0.6 is 11.6 Å². The second-order valence-corrected chi connectivity index (χ2v) is 6.21. The van der Waals surface area contributed by atoms with Crippen molar-refractivity contribution in [3.05, 3.63) is 35.0 Å². The van der Waals surface area contributed by atoms with Crippen LogP contribution in [0.25, 0.3) is 10.9 Å². The van der Waals surface area contributed by atoms with Gasteiger partial charge in [0.25, 0.3) is 0 Å². The number of aromatic amines is 1. The average molecular weight is 322 g/mol. The van der Waals surface area contributed by atoms with Crippen LogP contribution in [0.15, 0.2) is 24.4 Å². The lowest BCUT2D eigenvalue weighted by Gasteiger charge is -2.31. The minimum absolute atomic E-state index is 0.0892. The van der Waals surface area contributed by atoms with E-state index in [4.69, 9.17) is 22.1 Å². The van der Waals surface area contributed by atoms with E-state index in [2.05, 4.69) is 10.3 Å². The van der Waals surface area contributed by atoms with Gasteiger partial charge in [-0.1, -0.05) is 11.6 Å². The number of nitrogens with one attached hydrogen (secondary N) is 2. The molecule has 0 unspecified atom stereocenters. The van der Waals surface area contributed by atoms with Gasteiger partial charge >= 0.3 is 0 Å². The van der Waals surface area contributed by atoms with Crippen LogP contribution in [0.4, 0.5) is 0 Å². The van der Waals surface area contributed by atoms with Crippen LogP contribution in [-0.4, -0.2) is 36.2 Å². The number of aromatic nitrogens is 1. The van der Waals surface area contributed by atoms with Crippen molar-refractivity contribution in [3.8, 4) is 0 Å². The molecule has 2 heterocycles. The van der Waals surface area contributed by atoms with Gasteiger partial charge in [0.2, 0.25) is 5.91 Å². The van der Waals surface area contributed by atoms with E-state index in [9.17, 15) is 4.79 Å². The summed E-state index contributed by atoms with van der Waals surface area (Å²) in [5.41, 5.74) is 7.55. The fourth-order valence-electron chi connectivity index (χ4n) is 2.81. The Balaban J connectivity index is 1.60. The van der Waals surface area contributed by atoms with Gasteiger partial charge in [0, 0.05) is 41.9 Å². The van der Waals surface area contributed by atoms with Crippen molar-refractivity contribution in [3.63, 3.8) is 0 Å². The van der Waals surface area contributed by atoms with Gasteiger partial charge in [0.1, 0.15) is 0 Å². The zero-order valence-corrected chi connectivity index (χ0v) is 13.1. The smallest absolute Gasteiger partial charge is 0.240 e. The van der Waals surface area contributed by atoms with E-state index >= 15 is 0 Å². The number of fused-ring (bicyclic) bond motifs is 1. The molecule has 0 radical (unpaired) electrons. The molecule has 6 heteroatoms. The molecule has 1 saturated heterocycles. The van der Waals surface area contributed by atoms with Crippen LogP contribution in [0.2, 0.25) is 5.02 Å². The second-order valence-electron chi connectivity index (χ2n) is 5.78. The zero-order chi connectivity index (χ0) is 15.6. The molecule has 5 nitrogen and oxygen atoms in total. The average Bonchev–Trinajstić information content (AvgIpc) is 2.90. The first-order valence-electron chi connectivity index (χ1n) is 7.49. The van der Waals surface area contributed by atoms with Crippen molar-refractivity contribution in [2.45, 2.75) is 24.8 Å². The van der Waals surface area contributed by atoms with Gasteiger partial charge in [-0.05, 0) is 43.0 Å². The number of hydrogen-bond donors (Lipinski definition) is 3. The Morgan fingerprint density at radius 1 is 1.41 bits per heavy atom.